The second kappa shape index (κ2) is 4.43. The molecule has 1 aromatic rings. The van der Waals surface area contributed by atoms with Gasteiger partial charge in [-0.25, -0.2) is 0 Å². The second-order valence-electron chi connectivity index (χ2n) is 2.29. The predicted molar refractivity (Wildman–Crippen MR) is 61.3 cm³/mol. The van der Waals surface area contributed by atoms with Crippen LogP contribution in [0.5, 0.6) is 5.75 Å². The smallest absolute Gasteiger partial charge is 0.134 e. The van der Waals surface area contributed by atoms with E-state index in [1.165, 1.54) is 0 Å². The van der Waals surface area contributed by atoms with Crippen molar-refractivity contribution in [1.29, 1.82) is 0 Å². The van der Waals surface area contributed by atoms with Crippen molar-refractivity contribution in [2.45, 2.75) is 6.54 Å². The lowest BCUT2D eigenvalue weighted by Crippen LogP contribution is -1.99. The van der Waals surface area contributed by atoms with E-state index < -0.39 is 0 Å². The van der Waals surface area contributed by atoms with Crippen molar-refractivity contribution in [1.82, 2.24) is 0 Å². The molecule has 66 valence electrons. The van der Waals surface area contributed by atoms with Crippen molar-refractivity contribution in [2.75, 3.05) is 7.11 Å². The molecule has 0 aliphatic heterocycles. The number of halogens is 2. The van der Waals surface area contributed by atoms with E-state index in [9.17, 15) is 0 Å². The molecule has 0 amide bonds. The lowest BCUT2D eigenvalue weighted by atomic mass is 10.2. The van der Waals surface area contributed by atoms with E-state index in [-0.39, 0.29) is 0 Å². The van der Waals surface area contributed by atoms with Gasteiger partial charge in [0.25, 0.3) is 0 Å². The van der Waals surface area contributed by atoms with Crippen LogP contribution in [0.1, 0.15) is 5.56 Å². The zero-order valence-corrected chi connectivity index (χ0v) is 10.3. The zero-order chi connectivity index (χ0) is 9.14. The number of benzene rings is 1. The maximum Gasteiger partial charge on any atom is 0.134 e. The van der Waals surface area contributed by atoms with Crippen LogP contribution < -0.4 is 10.5 Å². The highest BCUT2D eigenvalue weighted by atomic mass is 127. The largest absolute Gasteiger partial charge is 0.496 e. The number of methoxy groups -OCH3 is 1. The van der Waals surface area contributed by atoms with E-state index in [0.29, 0.717) is 6.54 Å². The van der Waals surface area contributed by atoms with Crippen molar-refractivity contribution in [3.8, 4) is 5.75 Å². The minimum atomic E-state index is 0.522. The number of hydrogen-bond acceptors (Lipinski definition) is 2. The molecule has 0 atom stereocenters. The Balaban J connectivity index is 3.22. The third-order valence-corrected chi connectivity index (χ3v) is 3.04. The van der Waals surface area contributed by atoms with E-state index in [1.807, 2.05) is 12.1 Å². The SMILES string of the molecule is COc1cc(I)cc(CN)c1Br. The third kappa shape index (κ3) is 2.11. The monoisotopic (exact) mass is 341 g/mol. The summed E-state index contributed by atoms with van der Waals surface area (Å²) in [5.41, 5.74) is 6.62. The van der Waals surface area contributed by atoms with Gasteiger partial charge in [0.05, 0.1) is 11.6 Å². The molecule has 0 bridgehead atoms. The van der Waals surface area contributed by atoms with Crippen LogP contribution in [0.2, 0.25) is 0 Å². The van der Waals surface area contributed by atoms with Crippen molar-refractivity contribution >= 4 is 38.5 Å². The first-order valence-corrected chi connectivity index (χ1v) is 5.28. The zero-order valence-electron chi connectivity index (χ0n) is 6.60. The van der Waals surface area contributed by atoms with Gasteiger partial charge in [0.1, 0.15) is 5.75 Å². The Kier molecular flexibility index (Phi) is 3.79. The van der Waals surface area contributed by atoms with Gasteiger partial charge in [-0.15, -0.1) is 0 Å². The van der Waals surface area contributed by atoms with Crippen LogP contribution in [0.15, 0.2) is 16.6 Å². The molecule has 0 aliphatic carbocycles. The first kappa shape index (κ1) is 10.3. The molecule has 0 spiro atoms. The summed E-state index contributed by atoms with van der Waals surface area (Å²) in [6.07, 6.45) is 0. The van der Waals surface area contributed by atoms with Gasteiger partial charge in [-0.2, -0.15) is 0 Å². The predicted octanol–water partition coefficient (Wildman–Crippen LogP) is 2.52. The molecule has 0 heterocycles. The minimum Gasteiger partial charge on any atom is -0.496 e. The summed E-state index contributed by atoms with van der Waals surface area (Å²) in [5.74, 6) is 0.836. The van der Waals surface area contributed by atoms with Crippen LogP contribution >= 0.6 is 38.5 Å². The molecule has 0 aliphatic rings. The van der Waals surface area contributed by atoms with Crippen LogP contribution in [0, 0.1) is 3.57 Å². The van der Waals surface area contributed by atoms with Crippen molar-refractivity contribution in [3.63, 3.8) is 0 Å². The minimum absolute atomic E-state index is 0.522. The Bertz CT molecular complexity index is 265. The second-order valence-corrected chi connectivity index (χ2v) is 4.32. The fourth-order valence-electron chi connectivity index (χ4n) is 0.915. The standard InChI is InChI=1S/C8H9BrINO/c1-12-7-3-6(10)2-5(4-11)8(7)9/h2-3H,4,11H2,1H3. The fourth-order valence-corrected chi connectivity index (χ4v) is 2.13. The molecular weight excluding hydrogens is 333 g/mol. The van der Waals surface area contributed by atoms with Crippen LogP contribution in [0.4, 0.5) is 0 Å². The van der Waals surface area contributed by atoms with E-state index in [2.05, 4.69) is 38.5 Å². The molecule has 2 N–H and O–H groups in total. The number of ether oxygens (including phenoxy) is 1. The molecule has 0 fully saturated rings. The molecule has 4 heteroatoms. The molecule has 0 unspecified atom stereocenters. The van der Waals surface area contributed by atoms with Gasteiger partial charge in [-0.05, 0) is 56.2 Å². The Morgan fingerprint density at radius 1 is 1.58 bits per heavy atom. The highest BCUT2D eigenvalue weighted by molar-refractivity contribution is 14.1. The molecular formula is C8H9BrINO. The van der Waals surface area contributed by atoms with Crippen molar-refractivity contribution < 1.29 is 4.74 Å². The summed E-state index contributed by atoms with van der Waals surface area (Å²) in [5, 5.41) is 0. The van der Waals surface area contributed by atoms with Gasteiger partial charge in [-0.3, -0.25) is 0 Å². The molecule has 1 aromatic carbocycles. The first-order chi connectivity index (χ1) is 5.69. The van der Waals surface area contributed by atoms with E-state index in [0.717, 1.165) is 19.4 Å². The van der Waals surface area contributed by atoms with Crippen LogP contribution in [0.3, 0.4) is 0 Å². The van der Waals surface area contributed by atoms with E-state index in [1.54, 1.807) is 7.11 Å². The quantitative estimate of drug-likeness (QED) is 0.839. The normalized spacial score (nSPS) is 10.0. The molecule has 1 rings (SSSR count). The molecule has 0 radical (unpaired) electrons. The van der Waals surface area contributed by atoms with E-state index >= 15 is 0 Å². The average Bonchev–Trinajstić information content (AvgIpc) is 2.08. The summed E-state index contributed by atoms with van der Waals surface area (Å²) < 4.78 is 7.25. The van der Waals surface area contributed by atoms with Crippen LogP contribution in [-0.4, -0.2) is 7.11 Å². The van der Waals surface area contributed by atoms with Gasteiger partial charge in [0.15, 0.2) is 0 Å². The summed E-state index contributed by atoms with van der Waals surface area (Å²) in [4.78, 5) is 0. The van der Waals surface area contributed by atoms with Gasteiger partial charge in [-0.1, -0.05) is 0 Å². The Morgan fingerprint density at radius 2 is 2.25 bits per heavy atom. The maximum atomic E-state index is 5.55. The Morgan fingerprint density at radius 3 is 2.75 bits per heavy atom. The Hall–Kier alpha value is 0.190. The van der Waals surface area contributed by atoms with Crippen molar-refractivity contribution in [2.24, 2.45) is 5.73 Å². The summed E-state index contributed by atoms with van der Waals surface area (Å²) >= 11 is 5.67. The fraction of sp³-hybridized carbons (Fsp3) is 0.250. The molecule has 0 saturated carbocycles. The molecule has 0 aromatic heterocycles. The summed E-state index contributed by atoms with van der Waals surface area (Å²) in [6.45, 7) is 0.522. The number of rotatable bonds is 2. The summed E-state index contributed by atoms with van der Waals surface area (Å²) in [6, 6.07) is 4.00. The molecule has 0 saturated heterocycles. The van der Waals surface area contributed by atoms with E-state index in [4.69, 9.17) is 10.5 Å². The average molecular weight is 342 g/mol. The first-order valence-electron chi connectivity index (χ1n) is 3.41. The van der Waals surface area contributed by atoms with Crippen LogP contribution in [0.25, 0.3) is 0 Å². The van der Waals surface area contributed by atoms with Gasteiger partial charge in [0, 0.05) is 10.1 Å². The van der Waals surface area contributed by atoms with Crippen LogP contribution in [-0.2, 0) is 6.54 Å². The van der Waals surface area contributed by atoms with Gasteiger partial charge < -0.3 is 10.5 Å². The summed E-state index contributed by atoms with van der Waals surface area (Å²) in [7, 11) is 1.65. The topological polar surface area (TPSA) is 35.2 Å². The third-order valence-electron chi connectivity index (χ3n) is 1.52. The van der Waals surface area contributed by atoms with Gasteiger partial charge in [0.2, 0.25) is 0 Å². The lowest BCUT2D eigenvalue weighted by molar-refractivity contribution is 0.411. The number of hydrogen-bond donors (Lipinski definition) is 1. The van der Waals surface area contributed by atoms with Crippen molar-refractivity contribution in [3.05, 3.63) is 25.7 Å². The Labute approximate surface area is 93.7 Å². The maximum absolute atomic E-state index is 5.55. The highest BCUT2D eigenvalue weighted by Crippen LogP contribution is 2.30. The molecule has 2 nitrogen and oxygen atoms in total. The van der Waals surface area contributed by atoms with Gasteiger partial charge >= 0.3 is 0 Å². The lowest BCUT2D eigenvalue weighted by Gasteiger charge is -2.07. The molecule has 12 heavy (non-hydrogen) atoms. The number of nitrogens with two attached hydrogens (primary N) is 1. The highest BCUT2D eigenvalue weighted by Gasteiger charge is 2.06.